The van der Waals surface area contributed by atoms with Crippen molar-refractivity contribution in [3.63, 3.8) is 0 Å². The number of hydrogen-bond acceptors (Lipinski definition) is 5. The Morgan fingerprint density at radius 2 is 1.69 bits per heavy atom. The lowest BCUT2D eigenvalue weighted by Gasteiger charge is -2.11. The van der Waals surface area contributed by atoms with E-state index in [4.69, 9.17) is 10.2 Å². The molecule has 0 unspecified atom stereocenters. The molecule has 0 rings (SSSR count). The zero-order valence-corrected chi connectivity index (χ0v) is 9.02. The van der Waals surface area contributed by atoms with Gasteiger partial charge in [-0.05, 0) is 6.92 Å². The zero-order valence-electron chi connectivity index (χ0n) is 9.02. The normalized spacial score (nSPS) is 10.1. The number of carboxylic acid groups (broad SMARTS) is 2. The summed E-state index contributed by atoms with van der Waals surface area (Å²) in [6, 6.07) is -1.42. The second-order valence-electron chi connectivity index (χ2n) is 2.74. The summed E-state index contributed by atoms with van der Waals surface area (Å²) < 4.78 is 0. The van der Waals surface area contributed by atoms with Crippen molar-refractivity contribution in [2.24, 2.45) is 0 Å². The summed E-state index contributed by atoms with van der Waals surface area (Å²) >= 11 is 0. The highest BCUT2D eigenvalue weighted by Gasteiger charge is 2.22. The maximum absolute atomic E-state index is 11.0. The van der Waals surface area contributed by atoms with Crippen molar-refractivity contribution in [2.75, 3.05) is 0 Å². The van der Waals surface area contributed by atoms with Crippen LogP contribution < -0.4 is 17.6 Å². The SMILES string of the molecule is C=C(C)C(=O)N[C@@H](CC(=O)O)C(=O)O.N.N. The van der Waals surface area contributed by atoms with Crippen molar-refractivity contribution >= 4 is 17.8 Å². The molecular weight excluding hydrogens is 218 g/mol. The Kier molecular flexibility index (Phi) is 10.3. The molecule has 0 saturated carbocycles. The molecular formula is C8H17N3O5. The first-order valence-corrected chi connectivity index (χ1v) is 3.75. The van der Waals surface area contributed by atoms with Crippen LogP contribution >= 0.6 is 0 Å². The minimum atomic E-state index is -1.42. The van der Waals surface area contributed by atoms with Crippen molar-refractivity contribution < 1.29 is 24.6 Å². The average molecular weight is 235 g/mol. The number of rotatable bonds is 5. The van der Waals surface area contributed by atoms with E-state index in [9.17, 15) is 14.4 Å². The lowest BCUT2D eigenvalue weighted by Crippen LogP contribution is -2.42. The molecule has 0 aliphatic rings. The summed E-state index contributed by atoms with van der Waals surface area (Å²) in [5, 5.41) is 18.9. The lowest BCUT2D eigenvalue weighted by molar-refractivity contribution is -0.146. The fraction of sp³-hybridized carbons (Fsp3) is 0.375. The first-order valence-electron chi connectivity index (χ1n) is 3.75. The molecule has 16 heavy (non-hydrogen) atoms. The van der Waals surface area contributed by atoms with Gasteiger partial charge in [-0.1, -0.05) is 6.58 Å². The van der Waals surface area contributed by atoms with Gasteiger partial charge < -0.3 is 27.8 Å². The predicted octanol–water partition coefficient (Wildman–Crippen LogP) is -0.0694. The minimum absolute atomic E-state index is 0. The number of hydrogen-bond donors (Lipinski definition) is 5. The Balaban J connectivity index is -0.000000845. The van der Waals surface area contributed by atoms with E-state index < -0.39 is 30.3 Å². The smallest absolute Gasteiger partial charge is 0.326 e. The molecule has 8 heteroatoms. The summed E-state index contributed by atoms with van der Waals surface area (Å²) in [6.45, 7) is 4.69. The monoisotopic (exact) mass is 235 g/mol. The number of amides is 1. The standard InChI is InChI=1S/C8H11NO5.2H3N/c1-4(2)7(12)9-5(8(13)14)3-6(10)11;;/h5H,1,3H2,2H3,(H,9,12)(H,10,11)(H,13,14);2*1H3/t5-;;/m0../s1. The number of carboxylic acids is 2. The molecule has 1 amide bonds. The van der Waals surface area contributed by atoms with Gasteiger partial charge in [-0.3, -0.25) is 9.59 Å². The van der Waals surface area contributed by atoms with E-state index in [1.165, 1.54) is 6.92 Å². The lowest BCUT2D eigenvalue weighted by atomic mass is 10.2. The molecule has 0 saturated heterocycles. The largest absolute Gasteiger partial charge is 0.481 e. The van der Waals surface area contributed by atoms with Gasteiger partial charge in [-0.25, -0.2) is 4.79 Å². The van der Waals surface area contributed by atoms with Gasteiger partial charge in [0.05, 0.1) is 6.42 Å². The molecule has 0 radical (unpaired) electrons. The maximum Gasteiger partial charge on any atom is 0.326 e. The quantitative estimate of drug-likeness (QED) is 0.414. The molecule has 0 aromatic rings. The van der Waals surface area contributed by atoms with E-state index in [-0.39, 0.29) is 17.9 Å². The van der Waals surface area contributed by atoms with Gasteiger partial charge in [-0.15, -0.1) is 0 Å². The number of nitrogens with one attached hydrogen (secondary N) is 1. The Morgan fingerprint density at radius 1 is 1.25 bits per heavy atom. The highest BCUT2D eigenvalue weighted by atomic mass is 16.4. The second kappa shape index (κ2) is 8.38. The van der Waals surface area contributed by atoms with Crippen LogP contribution in [0.4, 0.5) is 0 Å². The van der Waals surface area contributed by atoms with Gasteiger partial charge in [-0.2, -0.15) is 0 Å². The molecule has 9 N–H and O–H groups in total. The van der Waals surface area contributed by atoms with E-state index in [2.05, 4.69) is 6.58 Å². The summed E-state index contributed by atoms with van der Waals surface area (Å²) in [5.41, 5.74) is 0.127. The molecule has 1 atom stereocenters. The molecule has 0 spiro atoms. The summed E-state index contributed by atoms with van der Waals surface area (Å²) in [5.74, 6) is -3.35. The molecule has 0 aliphatic carbocycles. The van der Waals surface area contributed by atoms with Gasteiger partial charge in [0.1, 0.15) is 6.04 Å². The molecule has 94 valence electrons. The molecule has 0 aliphatic heterocycles. The van der Waals surface area contributed by atoms with E-state index >= 15 is 0 Å². The Bertz CT molecular complexity index is 289. The fourth-order valence-corrected chi connectivity index (χ4v) is 0.656. The van der Waals surface area contributed by atoms with Crippen LogP contribution in [0.15, 0.2) is 12.2 Å². The van der Waals surface area contributed by atoms with Gasteiger partial charge in [0.2, 0.25) is 5.91 Å². The van der Waals surface area contributed by atoms with E-state index in [0.29, 0.717) is 0 Å². The van der Waals surface area contributed by atoms with Gasteiger partial charge in [0, 0.05) is 5.57 Å². The van der Waals surface area contributed by atoms with Crippen LogP contribution in [0.2, 0.25) is 0 Å². The van der Waals surface area contributed by atoms with Crippen LogP contribution in [0.3, 0.4) is 0 Å². The van der Waals surface area contributed by atoms with Crippen molar-refractivity contribution in [2.45, 2.75) is 19.4 Å². The Labute approximate surface area is 92.5 Å². The van der Waals surface area contributed by atoms with Crippen molar-refractivity contribution in [3.8, 4) is 0 Å². The number of carbonyl (C=O) groups is 3. The first-order chi connectivity index (χ1) is 6.34. The van der Waals surface area contributed by atoms with E-state index in [1.807, 2.05) is 5.32 Å². The first kappa shape index (κ1) is 19.6. The maximum atomic E-state index is 11.0. The van der Waals surface area contributed by atoms with Gasteiger partial charge >= 0.3 is 11.9 Å². The molecule has 0 heterocycles. The number of carbonyl (C=O) groups excluding carboxylic acids is 1. The number of aliphatic carboxylic acids is 2. The van der Waals surface area contributed by atoms with Gasteiger partial charge in [0.15, 0.2) is 0 Å². The van der Waals surface area contributed by atoms with Crippen LogP contribution in [0.5, 0.6) is 0 Å². The minimum Gasteiger partial charge on any atom is -0.481 e. The predicted molar refractivity (Wildman–Crippen MR) is 56.7 cm³/mol. The summed E-state index contributed by atoms with van der Waals surface area (Å²) in [4.78, 5) is 31.7. The van der Waals surface area contributed by atoms with Crippen LogP contribution in [0.1, 0.15) is 13.3 Å². The van der Waals surface area contributed by atoms with Crippen LogP contribution in [0, 0.1) is 0 Å². The van der Waals surface area contributed by atoms with Crippen LogP contribution in [-0.4, -0.2) is 34.1 Å². The van der Waals surface area contributed by atoms with Crippen LogP contribution in [-0.2, 0) is 14.4 Å². The topological polar surface area (TPSA) is 174 Å². The molecule has 0 aromatic heterocycles. The van der Waals surface area contributed by atoms with E-state index in [1.54, 1.807) is 0 Å². The fourth-order valence-electron chi connectivity index (χ4n) is 0.656. The average Bonchev–Trinajstić information content (AvgIpc) is 2.01. The van der Waals surface area contributed by atoms with Crippen molar-refractivity contribution in [1.29, 1.82) is 0 Å². The highest BCUT2D eigenvalue weighted by Crippen LogP contribution is 1.95. The molecule has 0 bridgehead atoms. The van der Waals surface area contributed by atoms with Crippen molar-refractivity contribution in [1.82, 2.24) is 17.6 Å². The third kappa shape index (κ3) is 7.47. The molecule has 0 fully saturated rings. The Hall–Kier alpha value is -1.93. The van der Waals surface area contributed by atoms with Gasteiger partial charge in [0.25, 0.3) is 0 Å². The highest BCUT2D eigenvalue weighted by molar-refractivity contribution is 5.95. The third-order valence-electron chi connectivity index (χ3n) is 1.37. The molecule has 0 aromatic carbocycles. The van der Waals surface area contributed by atoms with Crippen molar-refractivity contribution in [3.05, 3.63) is 12.2 Å². The van der Waals surface area contributed by atoms with Crippen LogP contribution in [0.25, 0.3) is 0 Å². The third-order valence-corrected chi connectivity index (χ3v) is 1.37. The Morgan fingerprint density at radius 3 is 1.94 bits per heavy atom. The molecule has 8 nitrogen and oxygen atoms in total. The summed E-state index contributed by atoms with van der Waals surface area (Å²) in [7, 11) is 0. The second-order valence-corrected chi connectivity index (χ2v) is 2.74. The zero-order chi connectivity index (χ0) is 11.3. The van der Waals surface area contributed by atoms with E-state index in [0.717, 1.165) is 0 Å². The summed E-state index contributed by atoms with van der Waals surface area (Å²) in [6.07, 6.45) is -0.658.